The number of nitrogen functional groups attached to an aromatic ring is 1. The van der Waals surface area contributed by atoms with E-state index in [1.807, 2.05) is 47.0 Å². The van der Waals surface area contributed by atoms with Crippen LogP contribution in [0.3, 0.4) is 0 Å². The molecule has 1 amide bonds. The maximum Gasteiger partial charge on any atom is 0.257 e. The summed E-state index contributed by atoms with van der Waals surface area (Å²) in [6.07, 6.45) is 5.58. The average molecular weight is 444 g/mol. The number of para-hydroxylation sites is 2. The van der Waals surface area contributed by atoms with Crippen LogP contribution in [0, 0.1) is 0 Å². The molecule has 33 heavy (non-hydrogen) atoms. The molecule has 1 aliphatic heterocycles. The van der Waals surface area contributed by atoms with Gasteiger partial charge >= 0.3 is 0 Å². The van der Waals surface area contributed by atoms with Gasteiger partial charge in [-0.25, -0.2) is 9.97 Å². The molecule has 0 bridgehead atoms. The molecule has 8 nitrogen and oxygen atoms in total. The van der Waals surface area contributed by atoms with Crippen molar-refractivity contribution in [2.45, 2.75) is 44.7 Å². The van der Waals surface area contributed by atoms with Gasteiger partial charge in [0.15, 0.2) is 17.1 Å². The van der Waals surface area contributed by atoms with Crippen molar-refractivity contribution in [2.75, 3.05) is 12.5 Å². The summed E-state index contributed by atoms with van der Waals surface area (Å²) >= 11 is 0. The Bertz CT molecular complexity index is 1370. The minimum absolute atomic E-state index is 0.217. The molecule has 6 rings (SSSR count). The Morgan fingerprint density at radius 2 is 1.79 bits per heavy atom. The lowest BCUT2D eigenvalue weighted by Crippen LogP contribution is -2.24. The molecular weight excluding hydrogens is 418 g/mol. The zero-order chi connectivity index (χ0) is 22.4. The predicted octanol–water partition coefficient (Wildman–Crippen LogP) is 4.33. The minimum Gasteiger partial charge on any atom is -0.454 e. The van der Waals surface area contributed by atoms with Gasteiger partial charge in [-0.2, -0.15) is 0 Å². The van der Waals surface area contributed by atoms with Crippen molar-refractivity contribution < 1.29 is 14.3 Å². The predicted molar refractivity (Wildman–Crippen MR) is 125 cm³/mol. The van der Waals surface area contributed by atoms with Crippen molar-refractivity contribution in [1.82, 2.24) is 19.9 Å². The molecule has 0 atom stereocenters. The molecule has 168 valence electrons. The average Bonchev–Trinajstić information content (AvgIpc) is 3.42. The number of nitrogens with zero attached hydrogens (tertiary/aromatic N) is 3. The number of benzene rings is 2. The molecule has 2 aromatic heterocycles. The number of rotatable bonds is 4. The van der Waals surface area contributed by atoms with E-state index >= 15 is 0 Å². The van der Waals surface area contributed by atoms with E-state index in [9.17, 15) is 4.79 Å². The second-order valence-electron chi connectivity index (χ2n) is 8.68. The fourth-order valence-electron chi connectivity index (χ4n) is 4.94. The molecule has 0 spiro atoms. The van der Waals surface area contributed by atoms with Gasteiger partial charge in [-0.15, -0.1) is 0 Å². The Labute approximate surface area is 190 Å². The van der Waals surface area contributed by atoms with Crippen LogP contribution in [0.5, 0.6) is 11.5 Å². The zero-order valence-electron chi connectivity index (χ0n) is 18.2. The first-order chi connectivity index (χ1) is 16.2. The summed E-state index contributed by atoms with van der Waals surface area (Å²) in [5.41, 5.74) is 10.7. The summed E-state index contributed by atoms with van der Waals surface area (Å²) in [4.78, 5) is 23.1. The highest BCUT2D eigenvalue weighted by molar-refractivity contribution is 6.10. The van der Waals surface area contributed by atoms with E-state index in [1.54, 1.807) is 0 Å². The second kappa shape index (κ2) is 7.95. The Hall–Kier alpha value is -3.81. The molecule has 2 aliphatic rings. The molecule has 1 saturated carbocycles. The summed E-state index contributed by atoms with van der Waals surface area (Å²) in [7, 11) is 0. The van der Waals surface area contributed by atoms with E-state index in [0.717, 1.165) is 42.3 Å². The van der Waals surface area contributed by atoms with Gasteiger partial charge in [-0.1, -0.05) is 37.5 Å². The number of carbonyl (C=O) groups is 1. The SMILES string of the molecule is Nc1c(C(=O)NCc2ccc3c(c2)OCO3)c2nc3ccccc3nc2n1C1CCCCC1. The molecule has 8 heteroatoms. The van der Waals surface area contributed by atoms with Gasteiger partial charge in [0, 0.05) is 12.6 Å². The van der Waals surface area contributed by atoms with E-state index < -0.39 is 0 Å². The van der Waals surface area contributed by atoms with Crippen LogP contribution in [0.2, 0.25) is 0 Å². The largest absolute Gasteiger partial charge is 0.454 e. The highest BCUT2D eigenvalue weighted by Crippen LogP contribution is 2.37. The highest BCUT2D eigenvalue weighted by atomic mass is 16.7. The maximum absolute atomic E-state index is 13.4. The Balaban J connectivity index is 1.39. The molecule has 4 aromatic rings. The number of ether oxygens (including phenoxy) is 2. The Morgan fingerprint density at radius 1 is 1.03 bits per heavy atom. The number of hydrogen-bond donors (Lipinski definition) is 2. The Kier molecular flexibility index (Phi) is 4.78. The van der Waals surface area contributed by atoms with Crippen molar-refractivity contribution in [3.63, 3.8) is 0 Å². The summed E-state index contributed by atoms with van der Waals surface area (Å²) in [5.74, 6) is 1.59. The third-order valence-corrected chi connectivity index (χ3v) is 6.59. The van der Waals surface area contributed by atoms with Crippen LogP contribution in [0.1, 0.15) is 54.1 Å². The number of carbonyl (C=O) groups excluding carboxylic acids is 1. The number of nitrogens with one attached hydrogen (secondary N) is 1. The molecule has 2 aromatic carbocycles. The lowest BCUT2D eigenvalue weighted by molar-refractivity contribution is 0.0953. The number of amides is 1. The van der Waals surface area contributed by atoms with Gasteiger partial charge in [0.1, 0.15) is 16.9 Å². The van der Waals surface area contributed by atoms with Crippen molar-refractivity contribution in [1.29, 1.82) is 0 Å². The number of fused-ring (bicyclic) bond motifs is 3. The van der Waals surface area contributed by atoms with E-state index in [0.29, 0.717) is 40.6 Å². The lowest BCUT2D eigenvalue weighted by atomic mass is 9.95. The molecule has 0 saturated heterocycles. The van der Waals surface area contributed by atoms with Crippen LogP contribution >= 0.6 is 0 Å². The van der Waals surface area contributed by atoms with E-state index in [2.05, 4.69) is 5.32 Å². The number of nitrogens with two attached hydrogens (primary N) is 1. The number of aromatic nitrogens is 3. The van der Waals surface area contributed by atoms with Crippen molar-refractivity contribution in [3.05, 3.63) is 53.6 Å². The van der Waals surface area contributed by atoms with Crippen molar-refractivity contribution >= 4 is 33.9 Å². The first-order valence-corrected chi connectivity index (χ1v) is 11.4. The molecule has 0 radical (unpaired) electrons. The van der Waals surface area contributed by atoms with Gasteiger partial charge in [0.05, 0.1) is 11.0 Å². The third kappa shape index (κ3) is 3.42. The van der Waals surface area contributed by atoms with Gasteiger partial charge in [-0.05, 0) is 42.7 Å². The summed E-state index contributed by atoms with van der Waals surface area (Å²) < 4.78 is 12.9. The zero-order valence-corrected chi connectivity index (χ0v) is 18.2. The van der Waals surface area contributed by atoms with E-state index in [1.165, 1.54) is 6.42 Å². The van der Waals surface area contributed by atoms with Crippen LogP contribution in [-0.2, 0) is 6.54 Å². The van der Waals surface area contributed by atoms with Crippen LogP contribution < -0.4 is 20.5 Å². The molecule has 3 N–H and O–H groups in total. The van der Waals surface area contributed by atoms with Gasteiger partial charge in [0.2, 0.25) is 6.79 Å². The lowest BCUT2D eigenvalue weighted by Gasteiger charge is -2.25. The van der Waals surface area contributed by atoms with Crippen molar-refractivity contribution in [2.24, 2.45) is 0 Å². The van der Waals surface area contributed by atoms with E-state index in [-0.39, 0.29) is 18.7 Å². The van der Waals surface area contributed by atoms with Gasteiger partial charge < -0.3 is 25.1 Å². The minimum atomic E-state index is -0.255. The number of hydrogen-bond acceptors (Lipinski definition) is 6. The second-order valence-corrected chi connectivity index (χ2v) is 8.68. The molecule has 3 heterocycles. The summed E-state index contributed by atoms with van der Waals surface area (Å²) in [6, 6.07) is 13.6. The van der Waals surface area contributed by atoms with E-state index in [4.69, 9.17) is 25.2 Å². The molecule has 1 aliphatic carbocycles. The normalized spacial score (nSPS) is 15.9. The monoisotopic (exact) mass is 443 g/mol. The molecular formula is C25H25N5O3. The summed E-state index contributed by atoms with van der Waals surface area (Å²) in [5, 5.41) is 3.01. The summed E-state index contributed by atoms with van der Waals surface area (Å²) in [6.45, 7) is 0.557. The van der Waals surface area contributed by atoms with Crippen LogP contribution in [0.15, 0.2) is 42.5 Å². The van der Waals surface area contributed by atoms with Gasteiger partial charge in [-0.3, -0.25) is 4.79 Å². The van der Waals surface area contributed by atoms with Crippen LogP contribution in [0.25, 0.3) is 22.2 Å². The fraction of sp³-hybridized carbons (Fsp3) is 0.320. The van der Waals surface area contributed by atoms with Crippen LogP contribution in [0.4, 0.5) is 5.82 Å². The maximum atomic E-state index is 13.4. The first-order valence-electron chi connectivity index (χ1n) is 11.4. The standard InChI is InChI=1S/C25H25N5O3/c26-23-21(25(31)27-13-15-10-11-19-20(12-15)33-14-32-19)22-24(30(23)16-6-2-1-3-7-16)29-18-9-5-4-8-17(18)28-22/h4-5,8-12,16H,1-3,6-7,13-14,26H2,(H,27,31). The van der Waals surface area contributed by atoms with Crippen molar-refractivity contribution in [3.8, 4) is 11.5 Å². The quantitative estimate of drug-likeness (QED) is 0.486. The van der Waals surface area contributed by atoms with Crippen LogP contribution in [-0.4, -0.2) is 27.2 Å². The van der Waals surface area contributed by atoms with Gasteiger partial charge in [0.25, 0.3) is 5.91 Å². The molecule has 1 fully saturated rings. The first kappa shape index (κ1) is 19.8. The highest BCUT2D eigenvalue weighted by Gasteiger charge is 2.28. The topological polar surface area (TPSA) is 104 Å². The Morgan fingerprint density at radius 3 is 2.61 bits per heavy atom. The fourth-order valence-corrected chi connectivity index (χ4v) is 4.94. The third-order valence-electron chi connectivity index (χ3n) is 6.59. The smallest absolute Gasteiger partial charge is 0.257 e. The molecule has 0 unspecified atom stereocenters. The number of anilines is 1.